The summed E-state index contributed by atoms with van der Waals surface area (Å²) in [4.78, 5) is 15.3. The molecule has 2 aromatic heterocycles. The highest BCUT2D eigenvalue weighted by molar-refractivity contribution is 5.83. The van der Waals surface area contributed by atoms with E-state index in [-0.39, 0.29) is 0 Å². The number of aliphatic hydroxyl groups is 4. The highest BCUT2D eigenvalue weighted by Crippen LogP contribution is 2.23. The summed E-state index contributed by atoms with van der Waals surface area (Å²) in [6, 6.07) is 9.34. The van der Waals surface area contributed by atoms with E-state index in [9.17, 15) is 25.2 Å². The van der Waals surface area contributed by atoms with Crippen molar-refractivity contribution in [2.45, 2.75) is 31.5 Å². The molecule has 0 bridgehead atoms. The van der Waals surface area contributed by atoms with Crippen molar-refractivity contribution in [2.24, 2.45) is 0 Å². The minimum atomic E-state index is -1.50. The fraction of sp³-hybridized carbons (Fsp3) is 0.350. The average Bonchev–Trinajstić information content (AvgIpc) is 3.23. The molecule has 0 saturated heterocycles. The first-order valence-corrected chi connectivity index (χ1v) is 9.14. The largest absolute Gasteiger partial charge is 0.422 e. The third-order valence-electron chi connectivity index (χ3n) is 4.55. The van der Waals surface area contributed by atoms with Gasteiger partial charge in [-0.05, 0) is 37.3 Å². The van der Waals surface area contributed by atoms with Crippen LogP contribution in [-0.4, -0.2) is 63.2 Å². The summed E-state index contributed by atoms with van der Waals surface area (Å²) in [6.45, 7) is 0.450. The molecule has 0 aliphatic rings. The summed E-state index contributed by atoms with van der Waals surface area (Å²) < 4.78 is 10.6. The van der Waals surface area contributed by atoms with Gasteiger partial charge in [0.2, 0.25) is 0 Å². The van der Waals surface area contributed by atoms with Crippen LogP contribution in [0.5, 0.6) is 0 Å². The van der Waals surface area contributed by atoms with Crippen molar-refractivity contribution >= 4 is 16.7 Å². The van der Waals surface area contributed by atoms with E-state index in [2.05, 4.69) is 10.3 Å². The van der Waals surface area contributed by atoms with Gasteiger partial charge in [0.25, 0.3) is 0 Å². The van der Waals surface area contributed by atoms with Crippen LogP contribution < -0.4 is 10.9 Å². The Morgan fingerprint density at radius 2 is 1.97 bits per heavy atom. The molecule has 0 saturated carbocycles. The van der Waals surface area contributed by atoms with Crippen LogP contribution in [0.3, 0.4) is 0 Å². The van der Waals surface area contributed by atoms with Gasteiger partial charge >= 0.3 is 5.63 Å². The smallest absolute Gasteiger partial charge is 0.345 e. The van der Waals surface area contributed by atoms with Crippen LogP contribution in [0.4, 0.5) is 5.69 Å². The van der Waals surface area contributed by atoms with Gasteiger partial charge < -0.3 is 39.9 Å². The zero-order chi connectivity index (χ0) is 21.0. The van der Waals surface area contributed by atoms with Crippen molar-refractivity contribution in [3.8, 4) is 11.3 Å². The molecule has 0 spiro atoms. The molecule has 9 nitrogen and oxygen atoms in total. The molecule has 156 valence electrons. The van der Waals surface area contributed by atoms with Gasteiger partial charge in [-0.2, -0.15) is 0 Å². The van der Waals surface area contributed by atoms with Gasteiger partial charge in [0, 0.05) is 23.3 Å². The number of aliphatic hydroxyl groups excluding tert-OH is 4. The third kappa shape index (κ3) is 4.84. The molecule has 9 heteroatoms. The molecular formula is C20H24N2O7. The molecule has 0 fully saturated rings. The second-order valence-electron chi connectivity index (χ2n) is 6.71. The van der Waals surface area contributed by atoms with Crippen molar-refractivity contribution in [3.63, 3.8) is 0 Å². The molecular weight excluding hydrogens is 380 g/mol. The molecule has 0 aliphatic carbocycles. The van der Waals surface area contributed by atoms with Gasteiger partial charge in [-0.3, -0.25) is 0 Å². The maximum atomic E-state index is 12.3. The van der Waals surface area contributed by atoms with E-state index in [1.165, 1.54) is 6.92 Å². The third-order valence-corrected chi connectivity index (χ3v) is 4.55. The van der Waals surface area contributed by atoms with Crippen LogP contribution in [0, 0.1) is 0 Å². The van der Waals surface area contributed by atoms with Crippen molar-refractivity contribution in [1.82, 2.24) is 4.98 Å². The molecule has 0 amide bonds. The zero-order valence-electron chi connectivity index (χ0n) is 15.8. The van der Waals surface area contributed by atoms with E-state index < -0.39 is 43.4 Å². The normalized spacial score (nSPS) is 15.8. The molecule has 29 heavy (non-hydrogen) atoms. The first kappa shape index (κ1) is 21.0. The number of fused-ring (bicyclic) bond motifs is 1. The predicted octanol–water partition coefficient (Wildman–Crippen LogP) is 0.638. The van der Waals surface area contributed by atoms with E-state index in [1.54, 1.807) is 42.6 Å². The Balaban J connectivity index is 1.80. The number of hydrogen-bond donors (Lipinski definition) is 6. The number of benzene rings is 1. The Labute approximate surface area is 166 Å². The molecule has 1 aromatic carbocycles. The first-order valence-electron chi connectivity index (χ1n) is 9.14. The van der Waals surface area contributed by atoms with Gasteiger partial charge in [-0.15, -0.1) is 0 Å². The lowest BCUT2D eigenvalue weighted by atomic mass is 10.1. The number of ether oxygens (including phenoxy) is 1. The highest BCUT2D eigenvalue weighted by atomic mass is 16.6. The number of rotatable bonds is 9. The fourth-order valence-corrected chi connectivity index (χ4v) is 2.89. The van der Waals surface area contributed by atoms with Gasteiger partial charge in [0.15, 0.2) is 6.29 Å². The van der Waals surface area contributed by atoms with E-state index in [1.807, 2.05) is 0 Å². The molecule has 4 atom stereocenters. The van der Waals surface area contributed by atoms with Crippen molar-refractivity contribution in [2.75, 3.05) is 18.5 Å². The number of aromatic nitrogens is 1. The lowest BCUT2D eigenvalue weighted by molar-refractivity contribution is -0.182. The van der Waals surface area contributed by atoms with Gasteiger partial charge in [-0.25, -0.2) is 4.79 Å². The van der Waals surface area contributed by atoms with Crippen molar-refractivity contribution < 1.29 is 29.6 Å². The Hall–Kier alpha value is -2.69. The Morgan fingerprint density at radius 1 is 1.17 bits per heavy atom. The van der Waals surface area contributed by atoms with Gasteiger partial charge in [0.05, 0.1) is 30.6 Å². The van der Waals surface area contributed by atoms with Gasteiger partial charge in [-0.1, -0.05) is 0 Å². The maximum absolute atomic E-state index is 12.3. The quantitative estimate of drug-likeness (QED) is 0.225. The zero-order valence-corrected chi connectivity index (χ0v) is 15.8. The number of nitrogens with one attached hydrogen (secondary N) is 2. The van der Waals surface area contributed by atoms with Crippen LogP contribution in [0.25, 0.3) is 22.2 Å². The second-order valence-corrected chi connectivity index (χ2v) is 6.71. The van der Waals surface area contributed by atoms with Crippen LogP contribution in [-0.2, 0) is 4.74 Å². The minimum Gasteiger partial charge on any atom is -0.422 e. The molecule has 0 aliphatic heterocycles. The van der Waals surface area contributed by atoms with Crippen LogP contribution in [0.1, 0.15) is 6.92 Å². The van der Waals surface area contributed by atoms with E-state index in [4.69, 9.17) is 9.15 Å². The molecule has 6 N–H and O–H groups in total. The van der Waals surface area contributed by atoms with Crippen LogP contribution in [0.2, 0.25) is 0 Å². The summed E-state index contributed by atoms with van der Waals surface area (Å²) in [7, 11) is 0. The molecule has 0 radical (unpaired) electrons. The van der Waals surface area contributed by atoms with E-state index in [0.29, 0.717) is 27.9 Å². The van der Waals surface area contributed by atoms with E-state index in [0.717, 1.165) is 0 Å². The number of hydrogen-bond acceptors (Lipinski definition) is 8. The summed E-state index contributed by atoms with van der Waals surface area (Å²) in [6.07, 6.45) is -1.78. The lowest BCUT2D eigenvalue weighted by Crippen LogP contribution is -2.44. The highest BCUT2D eigenvalue weighted by Gasteiger charge is 2.25. The second kappa shape index (κ2) is 9.21. The Bertz CT molecular complexity index is 984. The number of H-pyrrole nitrogens is 1. The summed E-state index contributed by atoms with van der Waals surface area (Å²) in [5.74, 6) is 0. The monoisotopic (exact) mass is 404 g/mol. The maximum Gasteiger partial charge on any atom is 0.345 e. The first-order chi connectivity index (χ1) is 13.9. The molecule has 3 rings (SSSR count). The van der Waals surface area contributed by atoms with Crippen LogP contribution >= 0.6 is 0 Å². The SMILES string of the molecule is C[C@@H](O)C(CO)OC(O)[C@@H](CO)Nc1ccc2cc(-c3ccc[nH]3)c(=O)oc2c1. The number of aromatic amines is 1. The summed E-state index contributed by atoms with van der Waals surface area (Å²) in [5, 5.41) is 42.1. The molecule has 3 aromatic rings. The minimum absolute atomic E-state index is 0.333. The summed E-state index contributed by atoms with van der Waals surface area (Å²) in [5.41, 5.74) is 1.38. The van der Waals surface area contributed by atoms with Crippen LogP contribution in [0.15, 0.2) is 51.8 Å². The van der Waals surface area contributed by atoms with Crippen molar-refractivity contribution in [1.29, 1.82) is 0 Å². The van der Waals surface area contributed by atoms with Gasteiger partial charge in [0.1, 0.15) is 17.7 Å². The number of anilines is 1. The molecule has 2 heterocycles. The van der Waals surface area contributed by atoms with E-state index >= 15 is 0 Å². The Kier molecular flexibility index (Phi) is 6.68. The Morgan fingerprint density at radius 3 is 2.59 bits per heavy atom. The lowest BCUT2D eigenvalue weighted by Gasteiger charge is -2.28. The van der Waals surface area contributed by atoms with Crippen molar-refractivity contribution in [3.05, 3.63) is 53.0 Å². The topological polar surface area (TPSA) is 148 Å². The predicted molar refractivity (Wildman–Crippen MR) is 106 cm³/mol. The molecule has 2 unspecified atom stereocenters. The fourth-order valence-electron chi connectivity index (χ4n) is 2.89. The average molecular weight is 404 g/mol. The summed E-state index contributed by atoms with van der Waals surface area (Å²) >= 11 is 0. The standard InChI is InChI=1S/C20H24N2O7/c1-11(25)18(10-24)29-20(27)16(9-23)22-13-5-4-12-7-14(15-3-2-6-21-15)19(26)28-17(12)8-13/h2-8,11,16,18,20-25,27H,9-10H2,1H3/t11-,16-,18?,20?/m1/s1.